The van der Waals surface area contributed by atoms with Crippen molar-refractivity contribution < 1.29 is 0 Å². The fourth-order valence-electron chi connectivity index (χ4n) is 0.785. The Morgan fingerprint density at radius 2 is 2.36 bits per heavy atom. The molecule has 0 amide bonds. The lowest BCUT2D eigenvalue weighted by Crippen LogP contribution is -2.28. The Labute approximate surface area is 74.6 Å². The third kappa shape index (κ3) is 7.95. The average molecular weight is 173 g/mol. The van der Waals surface area contributed by atoms with E-state index < -0.39 is 0 Å². The summed E-state index contributed by atoms with van der Waals surface area (Å²) >= 11 is 1.99. The normalized spacial score (nSPS) is 12.9. The van der Waals surface area contributed by atoms with Crippen LogP contribution in [0.4, 0.5) is 0 Å². The highest BCUT2D eigenvalue weighted by Gasteiger charge is 1.97. The van der Waals surface area contributed by atoms with E-state index in [4.69, 9.17) is 0 Å². The first kappa shape index (κ1) is 11.1. The van der Waals surface area contributed by atoms with Gasteiger partial charge in [-0.25, -0.2) is 0 Å². The maximum Gasteiger partial charge on any atom is 0.0130 e. The Balaban J connectivity index is 3.08. The molecule has 1 nitrogen and oxygen atoms in total. The van der Waals surface area contributed by atoms with Crippen molar-refractivity contribution in [2.24, 2.45) is 0 Å². The molecule has 0 bridgehead atoms. The van der Waals surface area contributed by atoms with Crippen molar-refractivity contribution in [2.75, 3.05) is 18.1 Å². The quantitative estimate of drug-likeness (QED) is 0.468. The minimum absolute atomic E-state index is 0.639. The number of rotatable bonds is 7. The van der Waals surface area contributed by atoms with Gasteiger partial charge in [-0.2, -0.15) is 11.8 Å². The summed E-state index contributed by atoms with van der Waals surface area (Å²) in [5.74, 6) is 2.43. The van der Waals surface area contributed by atoms with Crippen molar-refractivity contribution in [3.05, 3.63) is 12.7 Å². The monoisotopic (exact) mass is 173 g/mol. The molecule has 0 radical (unpaired) electrons. The van der Waals surface area contributed by atoms with Gasteiger partial charge in [0.25, 0.3) is 0 Å². The maximum absolute atomic E-state index is 3.67. The lowest BCUT2D eigenvalue weighted by Gasteiger charge is -2.11. The molecule has 11 heavy (non-hydrogen) atoms. The molecule has 1 unspecified atom stereocenters. The van der Waals surface area contributed by atoms with Crippen LogP contribution in [0.25, 0.3) is 0 Å². The Morgan fingerprint density at radius 1 is 1.64 bits per heavy atom. The van der Waals surface area contributed by atoms with Crippen LogP contribution in [0.5, 0.6) is 0 Å². The second kappa shape index (κ2) is 8.15. The van der Waals surface area contributed by atoms with Crippen LogP contribution >= 0.6 is 11.8 Å². The van der Waals surface area contributed by atoms with Gasteiger partial charge in [-0.3, -0.25) is 0 Å². The standard InChI is InChI=1S/C9H19NS/c1-4-6-7-10-9(3)8-11-5-2/h4,9-10H,1,5-8H2,2-3H3. The predicted octanol–water partition coefficient (Wildman–Crippen LogP) is 2.29. The minimum atomic E-state index is 0.639. The molecule has 0 rings (SSSR count). The average Bonchev–Trinajstić information content (AvgIpc) is 2.01. The van der Waals surface area contributed by atoms with E-state index in [-0.39, 0.29) is 0 Å². The second-order valence-corrected chi connectivity index (χ2v) is 3.91. The first-order chi connectivity index (χ1) is 5.31. The van der Waals surface area contributed by atoms with E-state index >= 15 is 0 Å². The molecule has 0 aliphatic heterocycles. The first-order valence-corrected chi connectivity index (χ1v) is 5.38. The highest BCUT2D eigenvalue weighted by atomic mass is 32.2. The molecular weight excluding hydrogens is 154 g/mol. The van der Waals surface area contributed by atoms with Crippen LogP contribution in [0.2, 0.25) is 0 Å². The van der Waals surface area contributed by atoms with Crippen molar-refractivity contribution >= 4 is 11.8 Å². The lowest BCUT2D eigenvalue weighted by atomic mass is 10.3. The molecule has 0 fully saturated rings. The third-order valence-corrected chi connectivity index (χ3v) is 2.56. The SMILES string of the molecule is C=CCCNC(C)CSCC. The smallest absolute Gasteiger partial charge is 0.0130 e. The molecule has 0 saturated carbocycles. The van der Waals surface area contributed by atoms with Crippen LogP contribution in [0.15, 0.2) is 12.7 Å². The molecule has 0 aliphatic carbocycles. The van der Waals surface area contributed by atoms with E-state index in [9.17, 15) is 0 Å². The predicted molar refractivity (Wildman–Crippen MR) is 55.3 cm³/mol. The molecule has 0 heterocycles. The van der Waals surface area contributed by atoms with Gasteiger partial charge in [0.15, 0.2) is 0 Å². The summed E-state index contributed by atoms with van der Waals surface area (Å²) in [6.45, 7) is 9.16. The van der Waals surface area contributed by atoms with Crippen LogP contribution in [-0.4, -0.2) is 24.1 Å². The zero-order valence-corrected chi connectivity index (χ0v) is 8.41. The first-order valence-electron chi connectivity index (χ1n) is 4.23. The molecular formula is C9H19NS. The van der Waals surface area contributed by atoms with E-state index in [2.05, 4.69) is 25.7 Å². The Hall–Kier alpha value is 0.0500. The summed E-state index contributed by atoms with van der Waals surface area (Å²) in [6, 6.07) is 0.639. The zero-order valence-electron chi connectivity index (χ0n) is 7.60. The summed E-state index contributed by atoms with van der Waals surface area (Å²) in [6.07, 6.45) is 3.02. The van der Waals surface area contributed by atoms with E-state index in [0.717, 1.165) is 13.0 Å². The largest absolute Gasteiger partial charge is 0.313 e. The second-order valence-electron chi connectivity index (χ2n) is 2.59. The summed E-state index contributed by atoms with van der Waals surface area (Å²) in [7, 11) is 0. The molecule has 0 aromatic carbocycles. The molecule has 0 aliphatic rings. The Kier molecular flexibility index (Phi) is 8.19. The van der Waals surface area contributed by atoms with Gasteiger partial charge in [-0.15, -0.1) is 6.58 Å². The number of thioether (sulfide) groups is 1. The van der Waals surface area contributed by atoms with E-state index in [1.807, 2.05) is 17.8 Å². The fraction of sp³-hybridized carbons (Fsp3) is 0.778. The third-order valence-electron chi connectivity index (χ3n) is 1.41. The molecule has 0 aromatic rings. The van der Waals surface area contributed by atoms with Gasteiger partial charge >= 0.3 is 0 Å². The van der Waals surface area contributed by atoms with Crippen LogP contribution in [-0.2, 0) is 0 Å². The highest BCUT2D eigenvalue weighted by Crippen LogP contribution is 2.00. The van der Waals surface area contributed by atoms with Gasteiger partial charge < -0.3 is 5.32 Å². The highest BCUT2D eigenvalue weighted by molar-refractivity contribution is 7.99. The van der Waals surface area contributed by atoms with Crippen molar-refractivity contribution in [3.63, 3.8) is 0 Å². The topological polar surface area (TPSA) is 12.0 Å². The van der Waals surface area contributed by atoms with Crippen LogP contribution < -0.4 is 5.32 Å². The Morgan fingerprint density at radius 3 is 2.91 bits per heavy atom. The van der Waals surface area contributed by atoms with E-state index in [1.165, 1.54) is 11.5 Å². The minimum Gasteiger partial charge on any atom is -0.313 e. The van der Waals surface area contributed by atoms with Gasteiger partial charge in [0.1, 0.15) is 0 Å². The van der Waals surface area contributed by atoms with Crippen LogP contribution in [0.1, 0.15) is 20.3 Å². The molecule has 2 heteroatoms. The Bertz CT molecular complexity index is 93.6. The van der Waals surface area contributed by atoms with Crippen molar-refractivity contribution in [1.82, 2.24) is 5.32 Å². The van der Waals surface area contributed by atoms with Gasteiger partial charge in [0.2, 0.25) is 0 Å². The molecule has 1 N–H and O–H groups in total. The van der Waals surface area contributed by atoms with Crippen LogP contribution in [0, 0.1) is 0 Å². The van der Waals surface area contributed by atoms with Crippen molar-refractivity contribution in [2.45, 2.75) is 26.3 Å². The van der Waals surface area contributed by atoms with Crippen molar-refractivity contribution in [3.8, 4) is 0 Å². The molecule has 66 valence electrons. The summed E-state index contributed by atoms with van der Waals surface area (Å²) in [5.41, 5.74) is 0. The number of hydrogen-bond donors (Lipinski definition) is 1. The van der Waals surface area contributed by atoms with Gasteiger partial charge in [0, 0.05) is 11.8 Å². The summed E-state index contributed by atoms with van der Waals surface area (Å²) in [4.78, 5) is 0. The molecule has 0 aromatic heterocycles. The molecule has 1 atom stereocenters. The lowest BCUT2D eigenvalue weighted by molar-refractivity contribution is 0.602. The fourth-order valence-corrected chi connectivity index (χ4v) is 1.49. The van der Waals surface area contributed by atoms with Gasteiger partial charge in [0.05, 0.1) is 0 Å². The zero-order chi connectivity index (χ0) is 8.53. The van der Waals surface area contributed by atoms with E-state index in [0.29, 0.717) is 6.04 Å². The summed E-state index contributed by atoms with van der Waals surface area (Å²) < 4.78 is 0. The van der Waals surface area contributed by atoms with Crippen LogP contribution in [0.3, 0.4) is 0 Å². The summed E-state index contributed by atoms with van der Waals surface area (Å²) in [5, 5.41) is 3.43. The number of nitrogens with one attached hydrogen (secondary N) is 1. The van der Waals surface area contributed by atoms with Crippen molar-refractivity contribution in [1.29, 1.82) is 0 Å². The maximum atomic E-state index is 3.67. The molecule has 0 spiro atoms. The molecule has 0 saturated heterocycles. The van der Waals surface area contributed by atoms with Gasteiger partial charge in [-0.05, 0) is 25.6 Å². The van der Waals surface area contributed by atoms with Gasteiger partial charge in [-0.1, -0.05) is 13.0 Å². The van der Waals surface area contributed by atoms with E-state index in [1.54, 1.807) is 0 Å². The number of hydrogen-bond acceptors (Lipinski definition) is 2.